The molecule has 0 bridgehead atoms. The summed E-state index contributed by atoms with van der Waals surface area (Å²) in [5, 5.41) is 9.26. The predicted octanol–water partition coefficient (Wildman–Crippen LogP) is 2.28. The molecule has 0 aliphatic heterocycles. The molecule has 27 heavy (non-hydrogen) atoms. The van der Waals surface area contributed by atoms with Crippen LogP contribution in [0.1, 0.15) is 32.9 Å². The van der Waals surface area contributed by atoms with E-state index in [1.165, 1.54) is 0 Å². The number of aromatic nitrogens is 2. The summed E-state index contributed by atoms with van der Waals surface area (Å²) in [5.41, 5.74) is -1.23. The van der Waals surface area contributed by atoms with Crippen LogP contribution in [0.5, 0.6) is 0 Å². The standard InChI is InChI=1S/C17H27F3N6O/c1-15(2)12(10-16(15,3)27-5)26-13(21-4)23-8-9-24-14-22-7-6-11(25-14)17(18,19)20/h6-7,12H,8-10H2,1-5H3,(H2,21,23,26)(H,22,24,25). The Hall–Kier alpha value is -2.10. The normalized spacial score (nSPS) is 24.9. The first-order chi connectivity index (χ1) is 12.5. The van der Waals surface area contributed by atoms with Gasteiger partial charge in [-0.15, -0.1) is 0 Å². The number of hydrogen-bond acceptors (Lipinski definition) is 5. The van der Waals surface area contributed by atoms with Gasteiger partial charge in [-0.1, -0.05) is 13.8 Å². The molecule has 1 aliphatic rings. The van der Waals surface area contributed by atoms with Crippen LogP contribution < -0.4 is 16.0 Å². The second-order valence-electron chi connectivity index (χ2n) is 7.25. The number of methoxy groups -OCH3 is 1. The number of halogens is 3. The maximum absolute atomic E-state index is 12.6. The molecule has 1 aliphatic carbocycles. The number of alkyl halides is 3. The van der Waals surface area contributed by atoms with E-state index in [0.29, 0.717) is 19.0 Å². The zero-order chi connectivity index (χ0) is 20.3. The van der Waals surface area contributed by atoms with Gasteiger partial charge in [0.1, 0.15) is 5.69 Å². The molecular weight excluding hydrogens is 361 g/mol. The van der Waals surface area contributed by atoms with E-state index in [4.69, 9.17) is 4.74 Å². The van der Waals surface area contributed by atoms with E-state index in [2.05, 4.69) is 51.7 Å². The number of rotatable bonds is 6. The van der Waals surface area contributed by atoms with E-state index in [0.717, 1.165) is 18.7 Å². The fourth-order valence-corrected chi connectivity index (χ4v) is 3.04. The van der Waals surface area contributed by atoms with Gasteiger partial charge < -0.3 is 20.7 Å². The molecule has 0 radical (unpaired) electrons. The summed E-state index contributed by atoms with van der Waals surface area (Å²) in [7, 11) is 3.38. The van der Waals surface area contributed by atoms with Gasteiger partial charge in [0.25, 0.3) is 0 Å². The molecule has 152 valence electrons. The van der Waals surface area contributed by atoms with Crippen molar-refractivity contribution in [3.63, 3.8) is 0 Å². The summed E-state index contributed by atoms with van der Waals surface area (Å²) >= 11 is 0. The summed E-state index contributed by atoms with van der Waals surface area (Å²) < 4.78 is 43.6. The van der Waals surface area contributed by atoms with Crippen LogP contribution in [0.3, 0.4) is 0 Å². The minimum atomic E-state index is -4.49. The van der Waals surface area contributed by atoms with Gasteiger partial charge in [-0.25, -0.2) is 9.97 Å². The molecule has 1 heterocycles. The van der Waals surface area contributed by atoms with Crippen molar-refractivity contribution in [1.82, 2.24) is 20.6 Å². The Labute approximate surface area is 157 Å². The highest BCUT2D eigenvalue weighted by Gasteiger charge is 2.58. The third-order valence-corrected chi connectivity index (χ3v) is 5.46. The van der Waals surface area contributed by atoms with Gasteiger partial charge in [0.15, 0.2) is 5.96 Å². The molecular formula is C17H27F3N6O. The van der Waals surface area contributed by atoms with E-state index < -0.39 is 11.9 Å². The smallest absolute Gasteiger partial charge is 0.378 e. The summed E-state index contributed by atoms with van der Waals surface area (Å²) in [6, 6.07) is 1.04. The van der Waals surface area contributed by atoms with Crippen molar-refractivity contribution in [3.8, 4) is 0 Å². The van der Waals surface area contributed by atoms with Crippen LogP contribution in [0.4, 0.5) is 19.1 Å². The molecule has 1 aromatic heterocycles. The first-order valence-corrected chi connectivity index (χ1v) is 8.70. The molecule has 2 rings (SSSR count). The van der Waals surface area contributed by atoms with Crippen molar-refractivity contribution in [2.24, 2.45) is 10.4 Å². The van der Waals surface area contributed by atoms with Crippen molar-refractivity contribution < 1.29 is 17.9 Å². The minimum Gasteiger partial charge on any atom is -0.378 e. The molecule has 0 aromatic carbocycles. The van der Waals surface area contributed by atoms with Crippen LogP contribution in [0.25, 0.3) is 0 Å². The molecule has 2 unspecified atom stereocenters. The van der Waals surface area contributed by atoms with E-state index in [-0.39, 0.29) is 23.0 Å². The second-order valence-corrected chi connectivity index (χ2v) is 7.25. The molecule has 1 saturated carbocycles. The Morgan fingerprint density at radius 2 is 2.04 bits per heavy atom. The average molecular weight is 388 g/mol. The summed E-state index contributed by atoms with van der Waals surface area (Å²) in [4.78, 5) is 11.4. The third-order valence-electron chi connectivity index (χ3n) is 5.46. The van der Waals surface area contributed by atoms with Crippen LogP contribution in [-0.2, 0) is 10.9 Å². The number of ether oxygens (including phenoxy) is 1. The van der Waals surface area contributed by atoms with Crippen molar-refractivity contribution in [1.29, 1.82) is 0 Å². The fraction of sp³-hybridized carbons (Fsp3) is 0.706. The molecule has 3 N–H and O–H groups in total. The van der Waals surface area contributed by atoms with Crippen LogP contribution in [0.15, 0.2) is 17.3 Å². The van der Waals surface area contributed by atoms with E-state index in [9.17, 15) is 13.2 Å². The predicted molar refractivity (Wildman–Crippen MR) is 97.6 cm³/mol. The van der Waals surface area contributed by atoms with Gasteiger partial charge in [0.2, 0.25) is 5.95 Å². The Morgan fingerprint density at radius 3 is 2.59 bits per heavy atom. The van der Waals surface area contributed by atoms with Crippen LogP contribution in [-0.4, -0.2) is 54.8 Å². The molecule has 10 heteroatoms. The second kappa shape index (κ2) is 7.87. The van der Waals surface area contributed by atoms with Crippen LogP contribution in [0, 0.1) is 5.41 Å². The first-order valence-electron chi connectivity index (χ1n) is 8.70. The highest BCUT2D eigenvalue weighted by molar-refractivity contribution is 5.80. The van der Waals surface area contributed by atoms with Gasteiger partial charge >= 0.3 is 6.18 Å². The van der Waals surface area contributed by atoms with Gasteiger partial charge in [-0.2, -0.15) is 13.2 Å². The summed E-state index contributed by atoms with van der Waals surface area (Å²) in [5.74, 6) is 0.559. The van der Waals surface area contributed by atoms with Gasteiger partial charge in [0, 0.05) is 44.9 Å². The van der Waals surface area contributed by atoms with Crippen molar-refractivity contribution in [2.45, 2.75) is 45.0 Å². The molecule has 1 aromatic rings. The van der Waals surface area contributed by atoms with E-state index >= 15 is 0 Å². The monoisotopic (exact) mass is 388 g/mol. The Balaban J connectivity index is 1.80. The van der Waals surface area contributed by atoms with Crippen molar-refractivity contribution in [2.75, 3.05) is 32.6 Å². The van der Waals surface area contributed by atoms with Crippen molar-refractivity contribution >= 4 is 11.9 Å². The Morgan fingerprint density at radius 1 is 1.33 bits per heavy atom. The van der Waals surface area contributed by atoms with E-state index in [1.807, 2.05) is 0 Å². The minimum absolute atomic E-state index is 0.0643. The average Bonchev–Trinajstić information content (AvgIpc) is 2.62. The number of hydrogen-bond donors (Lipinski definition) is 3. The lowest BCUT2D eigenvalue weighted by Crippen LogP contribution is -2.69. The molecule has 1 fully saturated rings. The first kappa shape index (κ1) is 21.2. The fourth-order valence-electron chi connectivity index (χ4n) is 3.04. The molecule has 0 saturated heterocycles. The highest BCUT2D eigenvalue weighted by atomic mass is 19.4. The number of nitrogens with zero attached hydrogens (tertiary/aromatic N) is 3. The SMILES string of the molecule is CN=C(NCCNc1nccc(C(F)(F)F)n1)NC1CC(C)(OC)C1(C)C. The number of anilines is 1. The molecule has 0 spiro atoms. The maximum atomic E-state index is 12.6. The maximum Gasteiger partial charge on any atom is 0.433 e. The number of nitrogens with one attached hydrogen (secondary N) is 3. The Kier molecular flexibility index (Phi) is 6.18. The lowest BCUT2D eigenvalue weighted by atomic mass is 9.56. The number of aliphatic imine (C=N–C) groups is 1. The van der Waals surface area contributed by atoms with Crippen molar-refractivity contribution in [3.05, 3.63) is 18.0 Å². The zero-order valence-corrected chi connectivity index (χ0v) is 16.2. The van der Waals surface area contributed by atoms with Gasteiger partial charge in [-0.05, 0) is 19.4 Å². The highest BCUT2D eigenvalue weighted by Crippen LogP contribution is 2.51. The third kappa shape index (κ3) is 4.60. The largest absolute Gasteiger partial charge is 0.433 e. The number of guanidine groups is 1. The molecule has 7 nitrogen and oxygen atoms in total. The van der Waals surface area contributed by atoms with Crippen LogP contribution in [0.2, 0.25) is 0 Å². The lowest BCUT2D eigenvalue weighted by Gasteiger charge is -2.59. The quantitative estimate of drug-likeness (QED) is 0.394. The topological polar surface area (TPSA) is 83.5 Å². The zero-order valence-electron chi connectivity index (χ0n) is 16.2. The van der Waals surface area contributed by atoms with E-state index in [1.54, 1.807) is 14.2 Å². The lowest BCUT2D eigenvalue weighted by molar-refractivity contribution is -0.176. The molecule has 2 atom stereocenters. The Bertz CT molecular complexity index is 679. The van der Waals surface area contributed by atoms with Gasteiger partial charge in [0.05, 0.1) is 5.60 Å². The van der Waals surface area contributed by atoms with Gasteiger partial charge in [-0.3, -0.25) is 4.99 Å². The van der Waals surface area contributed by atoms with Crippen LogP contribution >= 0.6 is 0 Å². The summed E-state index contributed by atoms with van der Waals surface area (Å²) in [6.45, 7) is 7.13. The molecule has 0 amide bonds. The summed E-state index contributed by atoms with van der Waals surface area (Å²) in [6.07, 6.45) is -2.55.